The number of fused-ring (bicyclic) bond motifs is 1. The molecule has 35 heavy (non-hydrogen) atoms. The van der Waals surface area contributed by atoms with Crippen LogP contribution in [-0.4, -0.2) is 88.6 Å². The number of ether oxygens (including phenoxy) is 2. The van der Waals surface area contributed by atoms with Gasteiger partial charge in [0, 0.05) is 52.6 Å². The van der Waals surface area contributed by atoms with Gasteiger partial charge in [-0.15, -0.1) is 0 Å². The lowest BCUT2D eigenvalue weighted by atomic mass is 10.2. The maximum atomic E-state index is 13.5. The lowest BCUT2D eigenvalue weighted by Gasteiger charge is -2.35. The van der Waals surface area contributed by atoms with Crippen molar-refractivity contribution in [3.05, 3.63) is 45.2 Å². The van der Waals surface area contributed by atoms with Crippen LogP contribution in [0.1, 0.15) is 18.9 Å². The third kappa shape index (κ3) is 5.34. The molecule has 0 saturated carbocycles. The standard InChI is InChI=1S/C23H27N5O5S2/c1-3-33-22(31)26-12-10-25(11-13-26)19-16(20(29)27-8-5-4-7-18(27)24-19)15-17-21(30)28(23(34)35-17)9-6-14-32-2/h4-5,7-8,15H,3,6,9-14H2,1-2H3. The van der Waals surface area contributed by atoms with E-state index in [0.29, 0.717) is 78.6 Å². The Balaban J connectivity index is 1.68. The molecule has 12 heteroatoms. The quantitative estimate of drug-likeness (QED) is 0.311. The molecule has 4 rings (SSSR count). The third-order valence-corrected chi connectivity index (χ3v) is 7.11. The summed E-state index contributed by atoms with van der Waals surface area (Å²) in [6.45, 7) is 4.90. The molecule has 0 aliphatic carbocycles. The van der Waals surface area contributed by atoms with Crippen LogP contribution in [0, 0.1) is 0 Å². The second-order valence-corrected chi connectivity index (χ2v) is 9.61. The summed E-state index contributed by atoms with van der Waals surface area (Å²) in [5.41, 5.74) is 0.545. The van der Waals surface area contributed by atoms with Crippen LogP contribution in [0.5, 0.6) is 0 Å². The number of carbonyl (C=O) groups is 2. The van der Waals surface area contributed by atoms with Crippen LogP contribution in [0.4, 0.5) is 10.6 Å². The fourth-order valence-corrected chi connectivity index (χ4v) is 5.26. The summed E-state index contributed by atoms with van der Waals surface area (Å²) in [6.07, 6.45) is 3.56. The summed E-state index contributed by atoms with van der Waals surface area (Å²) in [5.74, 6) is 0.251. The number of rotatable bonds is 7. The van der Waals surface area contributed by atoms with Crippen molar-refractivity contribution in [2.24, 2.45) is 0 Å². The van der Waals surface area contributed by atoms with Crippen LogP contribution in [0.15, 0.2) is 34.1 Å². The first-order valence-corrected chi connectivity index (χ1v) is 12.6. The molecular weight excluding hydrogens is 490 g/mol. The second-order valence-electron chi connectivity index (χ2n) is 7.94. The lowest BCUT2D eigenvalue weighted by Crippen LogP contribution is -2.49. The van der Waals surface area contributed by atoms with Crippen LogP contribution >= 0.6 is 24.0 Å². The van der Waals surface area contributed by atoms with Crippen LogP contribution in [-0.2, 0) is 14.3 Å². The zero-order valence-corrected chi connectivity index (χ0v) is 21.3. The van der Waals surface area contributed by atoms with Crippen molar-refractivity contribution in [1.82, 2.24) is 19.2 Å². The number of amides is 2. The van der Waals surface area contributed by atoms with Gasteiger partial charge in [0.25, 0.3) is 11.5 Å². The molecule has 0 radical (unpaired) electrons. The van der Waals surface area contributed by atoms with E-state index >= 15 is 0 Å². The van der Waals surface area contributed by atoms with Gasteiger partial charge in [0.2, 0.25) is 0 Å². The van der Waals surface area contributed by atoms with E-state index in [2.05, 4.69) is 0 Å². The largest absolute Gasteiger partial charge is 0.450 e. The molecule has 2 amide bonds. The van der Waals surface area contributed by atoms with Crippen molar-refractivity contribution in [3.8, 4) is 0 Å². The minimum atomic E-state index is -0.351. The van der Waals surface area contributed by atoms with E-state index in [9.17, 15) is 14.4 Å². The molecule has 186 valence electrons. The molecular formula is C23H27N5O5S2. The molecule has 0 unspecified atom stereocenters. The minimum absolute atomic E-state index is 0.230. The average Bonchev–Trinajstić information content (AvgIpc) is 3.13. The Morgan fingerprint density at radius 3 is 2.71 bits per heavy atom. The first-order chi connectivity index (χ1) is 16.9. The molecule has 0 aromatic carbocycles. The maximum absolute atomic E-state index is 13.5. The summed E-state index contributed by atoms with van der Waals surface area (Å²) in [4.78, 5) is 48.9. The SMILES string of the molecule is CCOC(=O)N1CCN(c2nc3ccccn3c(=O)c2C=C2SC(=S)N(CCCOC)C2=O)CC1. The molecule has 0 bridgehead atoms. The molecule has 2 aliphatic rings. The number of thiocarbonyl (C=S) groups is 1. The van der Waals surface area contributed by atoms with E-state index in [4.69, 9.17) is 26.7 Å². The smallest absolute Gasteiger partial charge is 0.409 e. The monoisotopic (exact) mass is 517 g/mol. The Kier molecular flexibility index (Phi) is 8.04. The first-order valence-electron chi connectivity index (χ1n) is 11.4. The molecule has 10 nitrogen and oxygen atoms in total. The fourth-order valence-electron chi connectivity index (χ4n) is 3.96. The Labute approximate surface area is 212 Å². The highest BCUT2D eigenvalue weighted by Crippen LogP contribution is 2.33. The normalized spacial score (nSPS) is 17.7. The van der Waals surface area contributed by atoms with Gasteiger partial charge in [-0.3, -0.25) is 18.9 Å². The van der Waals surface area contributed by atoms with Crippen LogP contribution in [0.2, 0.25) is 0 Å². The number of aromatic nitrogens is 2. The first kappa shape index (κ1) is 25.1. The molecule has 2 aromatic heterocycles. The Hall–Kier alpha value is -2.96. The lowest BCUT2D eigenvalue weighted by molar-refractivity contribution is -0.122. The highest BCUT2D eigenvalue weighted by atomic mass is 32.2. The van der Waals surface area contributed by atoms with E-state index in [-0.39, 0.29) is 17.6 Å². The van der Waals surface area contributed by atoms with Crippen molar-refractivity contribution in [2.45, 2.75) is 13.3 Å². The van der Waals surface area contributed by atoms with Crippen molar-refractivity contribution < 1.29 is 19.1 Å². The molecule has 2 aliphatic heterocycles. The number of hydrogen-bond acceptors (Lipinski definition) is 9. The number of carbonyl (C=O) groups excluding carboxylic acids is 2. The number of hydrogen-bond donors (Lipinski definition) is 0. The summed E-state index contributed by atoms with van der Waals surface area (Å²) in [5, 5.41) is 0. The highest BCUT2D eigenvalue weighted by Gasteiger charge is 2.33. The summed E-state index contributed by atoms with van der Waals surface area (Å²) in [7, 11) is 1.61. The van der Waals surface area contributed by atoms with E-state index in [0.717, 1.165) is 0 Å². The number of anilines is 1. The third-order valence-electron chi connectivity index (χ3n) is 5.73. The van der Waals surface area contributed by atoms with E-state index < -0.39 is 0 Å². The molecule has 0 N–H and O–H groups in total. The van der Waals surface area contributed by atoms with Gasteiger partial charge in [-0.2, -0.15) is 0 Å². The summed E-state index contributed by atoms with van der Waals surface area (Å²) >= 11 is 6.59. The molecule has 2 aromatic rings. The van der Waals surface area contributed by atoms with Crippen molar-refractivity contribution in [3.63, 3.8) is 0 Å². The van der Waals surface area contributed by atoms with Crippen molar-refractivity contribution in [2.75, 3.05) is 57.9 Å². The second kappa shape index (κ2) is 11.2. The summed E-state index contributed by atoms with van der Waals surface area (Å²) < 4.78 is 12.1. The molecule has 4 heterocycles. The van der Waals surface area contributed by atoms with Gasteiger partial charge >= 0.3 is 6.09 Å². The molecule has 2 saturated heterocycles. The number of pyridine rings is 1. The highest BCUT2D eigenvalue weighted by molar-refractivity contribution is 8.26. The van der Waals surface area contributed by atoms with Gasteiger partial charge in [0.1, 0.15) is 15.8 Å². The van der Waals surface area contributed by atoms with Gasteiger partial charge in [-0.05, 0) is 31.6 Å². The van der Waals surface area contributed by atoms with Crippen molar-refractivity contribution in [1.29, 1.82) is 0 Å². The van der Waals surface area contributed by atoms with E-state index in [1.54, 1.807) is 43.3 Å². The maximum Gasteiger partial charge on any atom is 0.409 e. The van der Waals surface area contributed by atoms with Gasteiger partial charge in [0.05, 0.1) is 17.1 Å². The average molecular weight is 518 g/mol. The van der Waals surface area contributed by atoms with Crippen molar-refractivity contribution >= 4 is 57.8 Å². The number of thioether (sulfide) groups is 1. The van der Waals surface area contributed by atoms with Gasteiger partial charge in [0.15, 0.2) is 0 Å². The number of piperazine rings is 1. The molecule has 2 fully saturated rings. The van der Waals surface area contributed by atoms with Gasteiger partial charge in [-0.25, -0.2) is 9.78 Å². The zero-order chi connectivity index (χ0) is 24.9. The fraction of sp³-hybridized carbons (Fsp3) is 0.435. The number of nitrogens with zero attached hydrogens (tertiary/aromatic N) is 5. The molecule has 0 spiro atoms. The molecule has 0 atom stereocenters. The van der Waals surface area contributed by atoms with E-state index in [1.807, 2.05) is 11.0 Å². The predicted molar refractivity (Wildman–Crippen MR) is 139 cm³/mol. The Bertz CT molecular complexity index is 1220. The Morgan fingerprint density at radius 2 is 2.00 bits per heavy atom. The Morgan fingerprint density at radius 1 is 1.23 bits per heavy atom. The minimum Gasteiger partial charge on any atom is -0.450 e. The van der Waals surface area contributed by atoms with E-state index in [1.165, 1.54) is 21.1 Å². The van der Waals surface area contributed by atoms with Crippen LogP contribution < -0.4 is 10.5 Å². The zero-order valence-electron chi connectivity index (χ0n) is 19.6. The van der Waals surface area contributed by atoms with Gasteiger partial charge in [-0.1, -0.05) is 30.0 Å². The van der Waals surface area contributed by atoms with Crippen LogP contribution in [0.3, 0.4) is 0 Å². The van der Waals surface area contributed by atoms with Gasteiger partial charge < -0.3 is 19.3 Å². The number of methoxy groups -OCH3 is 1. The van der Waals surface area contributed by atoms with Crippen LogP contribution in [0.25, 0.3) is 11.7 Å². The topological polar surface area (TPSA) is 96.7 Å². The predicted octanol–water partition coefficient (Wildman–Crippen LogP) is 2.21. The summed E-state index contributed by atoms with van der Waals surface area (Å²) in [6, 6.07) is 5.33.